The van der Waals surface area contributed by atoms with Gasteiger partial charge in [0.2, 0.25) is 0 Å². The first-order valence-electron chi connectivity index (χ1n) is 8.80. The Morgan fingerprint density at radius 2 is 1.72 bits per heavy atom. The van der Waals surface area contributed by atoms with Gasteiger partial charge in [-0.1, -0.05) is 30.3 Å². The van der Waals surface area contributed by atoms with E-state index in [9.17, 15) is 0 Å². The largest absolute Gasteiger partial charge is 0.325 e. The van der Waals surface area contributed by atoms with E-state index in [-0.39, 0.29) is 0 Å². The summed E-state index contributed by atoms with van der Waals surface area (Å²) in [5.41, 5.74) is 3.22. The van der Waals surface area contributed by atoms with Crippen LogP contribution in [0.5, 0.6) is 0 Å². The molecule has 4 nitrogen and oxygen atoms in total. The molecule has 0 spiro atoms. The number of anilines is 1. The second kappa shape index (κ2) is 6.92. The van der Waals surface area contributed by atoms with E-state index in [1.807, 2.05) is 12.1 Å². The number of rotatable bonds is 3. The Balaban J connectivity index is 1.39. The van der Waals surface area contributed by atoms with Crippen molar-refractivity contribution in [1.29, 1.82) is 5.26 Å². The molecule has 1 saturated heterocycles. The number of nitrogens with zero attached hydrogens (tertiary/aromatic N) is 2. The molecule has 4 rings (SSSR count). The maximum absolute atomic E-state index is 8.89. The summed E-state index contributed by atoms with van der Waals surface area (Å²) >= 11 is 0. The second-order valence-corrected chi connectivity index (χ2v) is 6.65. The summed E-state index contributed by atoms with van der Waals surface area (Å²) in [6, 6.07) is 22.9. The SMILES string of the molecule is N#Cc1ccc(C[NH+]2CCN(c3ccc4ccccc4[nH+]3)CC2)cc1. The molecule has 0 atom stereocenters. The molecule has 1 aliphatic heterocycles. The maximum Gasteiger partial charge on any atom is 0.275 e. The minimum absolute atomic E-state index is 0.732. The molecule has 1 fully saturated rings. The number of hydrogen-bond donors (Lipinski definition) is 1. The quantitative estimate of drug-likeness (QED) is 0.790. The lowest BCUT2D eigenvalue weighted by Crippen LogP contribution is -3.13. The van der Waals surface area contributed by atoms with Crippen molar-refractivity contribution in [2.75, 3.05) is 31.1 Å². The molecule has 4 heteroatoms. The molecular formula is C21H22N4+2. The number of pyridine rings is 1. The highest BCUT2D eigenvalue weighted by Gasteiger charge is 2.26. The highest BCUT2D eigenvalue weighted by Crippen LogP contribution is 2.13. The lowest BCUT2D eigenvalue weighted by Gasteiger charge is -2.28. The first kappa shape index (κ1) is 15.6. The zero-order valence-electron chi connectivity index (χ0n) is 14.2. The first-order chi connectivity index (χ1) is 12.3. The molecule has 0 bridgehead atoms. The van der Waals surface area contributed by atoms with Gasteiger partial charge in [0.25, 0.3) is 5.82 Å². The molecular weight excluding hydrogens is 308 g/mol. The summed E-state index contributed by atoms with van der Waals surface area (Å²) < 4.78 is 0. The Labute approximate surface area is 147 Å². The van der Waals surface area contributed by atoms with E-state index in [0.717, 1.165) is 38.3 Å². The first-order valence-corrected chi connectivity index (χ1v) is 8.80. The van der Waals surface area contributed by atoms with Crippen LogP contribution >= 0.6 is 0 Å². The zero-order chi connectivity index (χ0) is 17.1. The molecule has 0 unspecified atom stereocenters. The van der Waals surface area contributed by atoms with E-state index in [1.165, 1.54) is 22.3 Å². The van der Waals surface area contributed by atoms with Crippen LogP contribution in [0.25, 0.3) is 10.9 Å². The number of para-hydroxylation sites is 1. The minimum Gasteiger partial charge on any atom is -0.325 e. The zero-order valence-corrected chi connectivity index (χ0v) is 14.2. The third kappa shape index (κ3) is 3.47. The van der Waals surface area contributed by atoms with Crippen LogP contribution in [-0.4, -0.2) is 26.2 Å². The highest BCUT2D eigenvalue weighted by atomic mass is 15.3. The van der Waals surface area contributed by atoms with Gasteiger partial charge in [-0.2, -0.15) is 5.26 Å². The van der Waals surface area contributed by atoms with Crippen molar-refractivity contribution < 1.29 is 9.88 Å². The Hall–Kier alpha value is -2.90. The summed E-state index contributed by atoms with van der Waals surface area (Å²) in [6.45, 7) is 5.39. The van der Waals surface area contributed by atoms with Crippen molar-refractivity contribution in [2.24, 2.45) is 0 Å². The van der Waals surface area contributed by atoms with E-state index in [0.29, 0.717) is 0 Å². The van der Waals surface area contributed by atoms with Crippen LogP contribution < -0.4 is 14.8 Å². The normalized spacial score (nSPS) is 15.2. The summed E-state index contributed by atoms with van der Waals surface area (Å²) in [7, 11) is 0. The van der Waals surface area contributed by atoms with Crippen LogP contribution in [0, 0.1) is 11.3 Å². The van der Waals surface area contributed by atoms with Crippen LogP contribution in [-0.2, 0) is 6.54 Å². The minimum atomic E-state index is 0.732. The predicted octanol–water partition coefficient (Wildman–Crippen LogP) is 1.43. The average Bonchev–Trinajstić information content (AvgIpc) is 2.69. The average molecular weight is 330 g/mol. The smallest absolute Gasteiger partial charge is 0.275 e. The van der Waals surface area contributed by atoms with Crippen molar-refractivity contribution in [3.05, 3.63) is 71.8 Å². The van der Waals surface area contributed by atoms with Crippen LogP contribution in [0.15, 0.2) is 60.7 Å². The van der Waals surface area contributed by atoms with Gasteiger partial charge in [0, 0.05) is 17.0 Å². The summed E-state index contributed by atoms with van der Waals surface area (Å²) in [6.07, 6.45) is 0. The van der Waals surface area contributed by atoms with E-state index < -0.39 is 0 Å². The van der Waals surface area contributed by atoms with Crippen LogP contribution in [0.4, 0.5) is 5.82 Å². The fraction of sp³-hybridized carbons (Fsp3) is 0.238. The van der Waals surface area contributed by atoms with E-state index in [4.69, 9.17) is 5.26 Å². The molecule has 0 saturated carbocycles. The third-order valence-corrected chi connectivity index (χ3v) is 4.99. The van der Waals surface area contributed by atoms with E-state index in [1.54, 1.807) is 4.90 Å². The lowest BCUT2D eigenvalue weighted by atomic mass is 10.1. The second-order valence-electron chi connectivity index (χ2n) is 6.65. The fourth-order valence-electron chi connectivity index (χ4n) is 3.52. The molecule has 124 valence electrons. The van der Waals surface area contributed by atoms with Gasteiger partial charge < -0.3 is 4.90 Å². The Morgan fingerprint density at radius 3 is 2.48 bits per heavy atom. The molecule has 1 aliphatic rings. The summed E-state index contributed by atoms with van der Waals surface area (Å²) in [4.78, 5) is 7.60. The van der Waals surface area contributed by atoms with E-state index in [2.05, 4.69) is 64.5 Å². The Kier molecular flexibility index (Phi) is 4.32. The third-order valence-electron chi connectivity index (χ3n) is 4.99. The number of quaternary nitrogens is 1. The summed E-state index contributed by atoms with van der Waals surface area (Å²) in [5.74, 6) is 1.20. The van der Waals surface area contributed by atoms with Crippen LogP contribution in [0.1, 0.15) is 11.1 Å². The standard InChI is InChI=1S/C21H20N4/c22-15-17-5-7-18(8-6-17)16-24-11-13-25(14-12-24)21-10-9-19-3-1-2-4-20(19)23-21/h1-10H,11-14,16H2/p+2. The van der Waals surface area contributed by atoms with Gasteiger partial charge in [-0.25, -0.2) is 4.98 Å². The van der Waals surface area contributed by atoms with Gasteiger partial charge in [0.05, 0.1) is 11.6 Å². The number of nitriles is 1. The highest BCUT2D eigenvalue weighted by molar-refractivity contribution is 5.76. The van der Waals surface area contributed by atoms with E-state index >= 15 is 0 Å². The number of fused-ring (bicyclic) bond motifs is 1. The van der Waals surface area contributed by atoms with Gasteiger partial charge >= 0.3 is 0 Å². The number of aromatic nitrogens is 1. The van der Waals surface area contributed by atoms with Crippen molar-refractivity contribution in [1.82, 2.24) is 0 Å². The van der Waals surface area contributed by atoms with Gasteiger partial charge in [-0.05, 0) is 24.3 Å². The molecule has 2 heterocycles. The fourth-order valence-corrected chi connectivity index (χ4v) is 3.52. The number of H-pyrrole nitrogens is 1. The molecule has 2 aromatic carbocycles. The molecule has 0 amide bonds. The molecule has 25 heavy (non-hydrogen) atoms. The van der Waals surface area contributed by atoms with Gasteiger partial charge in [-0.15, -0.1) is 0 Å². The Bertz CT molecular complexity index is 903. The predicted molar refractivity (Wildman–Crippen MR) is 98.3 cm³/mol. The van der Waals surface area contributed by atoms with Gasteiger partial charge in [-0.3, -0.25) is 4.90 Å². The van der Waals surface area contributed by atoms with Crippen LogP contribution in [0.2, 0.25) is 0 Å². The Morgan fingerprint density at radius 1 is 0.960 bits per heavy atom. The van der Waals surface area contributed by atoms with Gasteiger partial charge in [0.1, 0.15) is 38.2 Å². The number of aromatic amines is 1. The molecule has 3 aromatic rings. The molecule has 2 N–H and O–H groups in total. The van der Waals surface area contributed by atoms with Crippen molar-refractivity contribution in [2.45, 2.75) is 6.54 Å². The number of benzene rings is 2. The maximum atomic E-state index is 8.89. The molecule has 0 radical (unpaired) electrons. The van der Waals surface area contributed by atoms with Crippen molar-refractivity contribution in [3.8, 4) is 6.07 Å². The van der Waals surface area contributed by atoms with Gasteiger partial charge in [0.15, 0.2) is 0 Å². The number of piperazine rings is 1. The lowest BCUT2D eigenvalue weighted by molar-refractivity contribution is -0.914. The van der Waals surface area contributed by atoms with Crippen LogP contribution in [0.3, 0.4) is 0 Å². The molecule has 0 aliphatic carbocycles. The van der Waals surface area contributed by atoms with Crippen molar-refractivity contribution in [3.63, 3.8) is 0 Å². The summed E-state index contributed by atoms with van der Waals surface area (Å²) in [5, 5.41) is 10.1. The number of nitrogens with one attached hydrogen (secondary N) is 2. The molecule has 1 aromatic heterocycles. The number of hydrogen-bond acceptors (Lipinski definition) is 2. The van der Waals surface area contributed by atoms with Crippen molar-refractivity contribution >= 4 is 16.7 Å². The monoisotopic (exact) mass is 330 g/mol. The topological polar surface area (TPSA) is 45.6 Å².